The van der Waals surface area contributed by atoms with Gasteiger partial charge in [0.15, 0.2) is 0 Å². The van der Waals surface area contributed by atoms with Gasteiger partial charge < -0.3 is 14.6 Å². The van der Waals surface area contributed by atoms with Crippen LogP contribution in [-0.4, -0.2) is 33.1 Å². The second kappa shape index (κ2) is 9.01. The van der Waals surface area contributed by atoms with Crippen molar-refractivity contribution < 1.29 is 22.8 Å². The molecule has 2 aromatic heterocycles. The van der Waals surface area contributed by atoms with Crippen molar-refractivity contribution in [2.24, 2.45) is 0 Å². The molecule has 0 aliphatic carbocycles. The minimum absolute atomic E-state index is 0.0608. The minimum Gasteiger partial charge on any atom is -0.340 e. The Labute approximate surface area is 193 Å². The molecule has 0 fully saturated rings. The van der Waals surface area contributed by atoms with Gasteiger partial charge in [-0.05, 0) is 47.5 Å². The van der Waals surface area contributed by atoms with Gasteiger partial charge in [-0.1, -0.05) is 24.3 Å². The van der Waals surface area contributed by atoms with Gasteiger partial charge in [-0.3, -0.25) is 9.59 Å². The molecule has 0 unspecified atom stereocenters. The van der Waals surface area contributed by atoms with E-state index in [4.69, 9.17) is 0 Å². The first-order valence-electron chi connectivity index (χ1n) is 10.4. The number of nitrogens with one attached hydrogen (secondary N) is 1. The molecule has 2 amide bonds. The number of alkyl halides is 3. The van der Waals surface area contributed by atoms with E-state index >= 15 is 0 Å². The number of rotatable bonds is 5. The maximum atomic E-state index is 12.7. The number of hydrogen-bond acceptors (Lipinski definition) is 3. The maximum Gasteiger partial charge on any atom is 0.416 e. The lowest BCUT2D eigenvalue weighted by atomic mass is 10.0. The number of imidazole rings is 1. The molecule has 2 aromatic carbocycles. The Morgan fingerprint density at radius 3 is 2.15 bits per heavy atom. The van der Waals surface area contributed by atoms with E-state index in [-0.39, 0.29) is 11.8 Å². The van der Waals surface area contributed by atoms with E-state index in [2.05, 4.69) is 10.3 Å². The lowest BCUT2D eigenvalue weighted by Gasteiger charge is -2.11. The Balaban J connectivity index is 1.45. The largest absolute Gasteiger partial charge is 0.416 e. The van der Waals surface area contributed by atoms with Gasteiger partial charge >= 0.3 is 6.18 Å². The van der Waals surface area contributed by atoms with Crippen LogP contribution in [0.5, 0.6) is 0 Å². The third kappa shape index (κ3) is 5.09. The number of hydrogen-bond donors (Lipinski definition) is 1. The number of benzene rings is 2. The molecule has 0 saturated carbocycles. The number of anilines is 1. The highest BCUT2D eigenvalue weighted by Crippen LogP contribution is 2.31. The number of nitrogens with zero attached hydrogens (tertiary/aromatic N) is 3. The summed E-state index contributed by atoms with van der Waals surface area (Å²) in [4.78, 5) is 30.1. The van der Waals surface area contributed by atoms with Gasteiger partial charge in [0, 0.05) is 31.9 Å². The summed E-state index contributed by atoms with van der Waals surface area (Å²) >= 11 is 0. The van der Waals surface area contributed by atoms with Crippen LogP contribution in [0.25, 0.3) is 16.8 Å². The van der Waals surface area contributed by atoms with Crippen LogP contribution >= 0.6 is 0 Å². The van der Waals surface area contributed by atoms with Crippen LogP contribution in [-0.2, 0) is 17.5 Å². The van der Waals surface area contributed by atoms with Crippen molar-refractivity contribution in [2.75, 3.05) is 12.4 Å². The second-order valence-corrected chi connectivity index (χ2v) is 7.90. The Hall–Kier alpha value is -4.14. The number of amides is 2. The van der Waals surface area contributed by atoms with Crippen molar-refractivity contribution in [3.63, 3.8) is 0 Å². The Kier molecular flexibility index (Phi) is 6.10. The lowest BCUT2D eigenvalue weighted by Crippen LogP contribution is -2.23. The molecule has 0 atom stereocenters. The molecular weight excluding hydrogens is 445 g/mol. The highest BCUT2D eigenvalue weighted by atomic mass is 19.4. The van der Waals surface area contributed by atoms with Gasteiger partial charge in [-0.25, -0.2) is 4.98 Å². The molecule has 0 spiro atoms. The quantitative estimate of drug-likeness (QED) is 0.437. The fourth-order valence-corrected chi connectivity index (χ4v) is 3.42. The fraction of sp³-hybridized carbons (Fsp3) is 0.160. The summed E-state index contributed by atoms with van der Waals surface area (Å²) in [6.45, 7) is 1.86. The fourth-order valence-electron chi connectivity index (χ4n) is 3.42. The van der Waals surface area contributed by atoms with Crippen molar-refractivity contribution in [3.05, 3.63) is 89.9 Å². The summed E-state index contributed by atoms with van der Waals surface area (Å²) in [5, 5.41) is 2.82. The maximum absolute atomic E-state index is 12.7. The van der Waals surface area contributed by atoms with Crippen molar-refractivity contribution >= 4 is 23.1 Å². The van der Waals surface area contributed by atoms with Crippen molar-refractivity contribution in [2.45, 2.75) is 19.6 Å². The summed E-state index contributed by atoms with van der Waals surface area (Å²) in [5.41, 5.74) is 2.99. The van der Waals surface area contributed by atoms with Gasteiger partial charge in [0.1, 0.15) is 5.65 Å². The van der Waals surface area contributed by atoms with Gasteiger partial charge in [0.2, 0.25) is 5.91 Å². The summed E-state index contributed by atoms with van der Waals surface area (Å²) in [6, 6.07) is 15.0. The van der Waals surface area contributed by atoms with Gasteiger partial charge in [0.25, 0.3) is 5.91 Å². The van der Waals surface area contributed by atoms with Crippen LogP contribution in [0.15, 0.2) is 73.1 Å². The molecule has 2 heterocycles. The molecular formula is C25H21F3N4O2. The summed E-state index contributed by atoms with van der Waals surface area (Å²) < 4.78 is 40.0. The second-order valence-electron chi connectivity index (χ2n) is 7.90. The Morgan fingerprint density at radius 2 is 1.56 bits per heavy atom. The number of pyridine rings is 1. The predicted molar refractivity (Wildman–Crippen MR) is 122 cm³/mol. The standard InChI is InChI=1S/C25H21F3N4O2/c1-16(33)31(2)13-22-15-32-14-21(11-12-23(32)29-22)30-24(34)19-5-3-17(4-6-19)18-7-9-20(10-8-18)25(26,27)28/h3-12,14-15H,13H2,1-2H3,(H,30,34). The first-order valence-corrected chi connectivity index (χ1v) is 10.4. The van der Waals surface area contributed by atoms with E-state index < -0.39 is 11.7 Å². The zero-order chi connectivity index (χ0) is 24.5. The summed E-state index contributed by atoms with van der Waals surface area (Å²) in [7, 11) is 1.70. The van der Waals surface area contributed by atoms with E-state index in [1.807, 2.05) is 0 Å². The van der Waals surface area contributed by atoms with E-state index in [1.54, 1.807) is 65.1 Å². The van der Waals surface area contributed by atoms with Crippen LogP contribution in [0.2, 0.25) is 0 Å². The number of carbonyl (C=O) groups excluding carboxylic acids is 2. The van der Waals surface area contributed by atoms with Crippen molar-refractivity contribution in [3.8, 4) is 11.1 Å². The van der Waals surface area contributed by atoms with Crippen LogP contribution < -0.4 is 5.32 Å². The van der Waals surface area contributed by atoms with E-state index in [0.29, 0.717) is 34.6 Å². The van der Waals surface area contributed by atoms with Gasteiger partial charge in [-0.2, -0.15) is 13.2 Å². The molecule has 0 saturated heterocycles. The first kappa shape index (κ1) is 23.0. The molecule has 0 bridgehead atoms. The zero-order valence-electron chi connectivity index (χ0n) is 18.4. The number of fused-ring (bicyclic) bond motifs is 1. The normalized spacial score (nSPS) is 11.4. The average molecular weight is 466 g/mol. The molecule has 0 radical (unpaired) electrons. The third-order valence-corrected chi connectivity index (χ3v) is 5.39. The van der Waals surface area contributed by atoms with Crippen LogP contribution in [0.4, 0.5) is 18.9 Å². The highest BCUT2D eigenvalue weighted by molar-refractivity contribution is 6.04. The topological polar surface area (TPSA) is 66.7 Å². The van der Waals surface area contributed by atoms with E-state index in [1.165, 1.54) is 19.1 Å². The molecule has 1 N–H and O–H groups in total. The van der Waals surface area contributed by atoms with Crippen molar-refractivity contribution in [1.82, 2.24) is 14.3 Å². The number of aromatic nitrogens is 2. The first-order chi connectivity index (χ1) is 16.1. The molecule has 0 aliphatic heterocycles. The SMILES string of the molecule is CC(=O)N(C)Cc1cn2cc(NC(=O)c3ccc(-c4ccc(C(F)(F)F)cc4)cc3)ccc2n1. The predicted octanol–water partition coefficient (Wildman–Crippen LogP) is 5.25. The summed E-state index contributed by atoms with van der Waals surface area (Å²) in [5.74, 6) is -0.385. The monoisotopic (exact) mass is 466 g/mol. The molecule has 9 heteroatoms. The van der Waals surface area contributed by atoms with E-state index in [9.17, 15) is 22.8 Å². The molecule has 4 rings (SSSR count). The number of carbonyl (C=O) groups is 2. The molecule has 4 aromatic rings. The molecule has 174 valence electrons. The van der Waals surface area contributed by atoms with Crippen LogP contribution in [0, 0.1) is 0 Å². The highest BCUT2D eigenvalue weighted by Gasteiger charge is 2.29. The van der Waals surface area contributed by atoms with Crippen LogP contribution in [0.1, 0.15) is 28.5 Å². The van der Waals surface area contributed by atoms with E-state index in [0.717, 1.165) is 17.8 Å². The number of halogens is 3. The molecule has 0 aliphatic rings. The lowest BCUT2D eigenvalue weighted by molar-refractivity contribution is -0.137. The van der Waals surface area contributed by atoms with Gasteiger partial charge in [-0.15, -0.1) is 0 Å². The summed E-state index contributed by atoms with van der Waals surface area (Å²) in [6.07, 6.45) is -0.857. The third-order valence-electron chi connectivity index (χ3n) is 5.39. The average Bonchev–Trinajstić information content (AvgIpc) is 3.20. The van der Waals surface area contributed by atoms with Crippen molar-refractivity contribution in [1.29, 1.82) is 0 Å². The smallest absolute Gasteiger partial charge is 0.340 e. The Morgan fingerprint density at radius 1 is 0.941 bits per heavy atom. The van der Waals surface area contributed by atoms with Gasteiger partial charge in [0.05, 0.1) is 23.5 Å². The minimum atomic E-state index is -4.38. The van der Waals surface area contributed by atoms with Crippen LogP contribution in [0.3, 0.4) is 0 Å². The Bertz CT molecular complexity index is 1340. The molecule has 34 heavy (non-hydrogen) atoms. The molecule has 6 nitrogen and oxygen atoms in total. The zero-order valence-corrected chi connectivity index (χ0v) is 18.4.